The molecule has 0 aliphatic heterocycles. The van der Waals surface area contributed by atoms with Gasteiger partial charge in [0.25, 0.3) is 0 Å². The van der Waals surface area contributed by atoms with Crippen LogP contribution < -0.4 is 0 Å². The minimum Gasteiger partial charge on any atom is -0.448 e. The number of unbranched alkanes of at least 4 members (excludes halogenated alkanes) is 9. The molecule has 1 N–H and O–H groups in total. The second kappa shape index (κ2) is 13.3. The maximum absolute atomic E-state index is 9.93. The molecule has 0 aromatic carbocycles. The Bertz CT molecular complexity index is 171. The van der Waals surface area contributed by atoms with Crippen LogP contribution in [0.4, 0.5) is 4.79 Å². The Kier molecular flexibility index (Phi) is 12.7. The Balaban J connectivity index is 2.91. The first-order chi connectivity index (χ1) is 8.27. The van der Waals surface area contributed by atoms with Crippen molar-refractivity contribution >= 4 is 6.16 Å². The molecule has 0 aromatic rings. The van der Waals surface area contributed by atoms with Crippen molar-refractivity contribution in [1.29, 1.82) is 0 Å². The summed E-state index contributed by atoms with van der Waals surface area (Å²) < 4.78 is 0. The molecule has 4 heteroatoms. The van der Waals surface area contributed by atoms with Gasteiger partial charge in [0, 0.05) is 0 Å². The summed E-state index contributed by atoms with van der Waals surface area (Å²) >= 11 is 0. The van der Waals surface area contributed by atoms with E-state index in [2.05, 4.69) is 16.7 Å². The largest absolute Gasteiger partial charge is 0.537 e. The average molecular weight is 246 g/mol. The fraction of sp³-hybridized carbons (Fsp3) is 0.923. The van der Waals surface area contributed by atoms with Gasteiger partial charge in [-0.1, -0.05) is 64.7 Å². The van der Waals surface area contributed by atoms with Crippen LogP contribution >= 0.6 is 0 Å². The summed E-state index contributed by atoms with van der Waals surface area (Å²) in [6.45, 7) is 2.60. The fourth-order valence-corrected chi connectivity index (χ4v) is 1.74. The number of carbonyl (C=O) groups is 1. The van der Waals surface area contributed by atoms with Crippen molar-refractivity contribution in [2.45, 2.75) is 71.1 Å². The number of carboxylic acid groups (broad SMARTS) is 1. The van der Waals surface area contributed by atoms with Gasteiger partial charge in [0.15, 0.2) is 0 Å². The molecule has 4 nitrogen and oxygen atoms in total. The van der Waals surface area contributed by atoms with Crippen molar-refractivity contribution in [2.24, 2.45) is 0 Å². The van der Waals surface area contributed by atoms with Crippen LogP contribution in [0.1, 0.15) is 71.1 Å². The maximum atomic E-state index is 9.93. The molecule has 102 valence electrons. The summed E-state index contributed by atoms with van der Waals surface area (Å²) in [4.78, 5) is 18.3. The van der Waals surface area contributed by atoms with Gasteiger partial charge >= 0.3 is 6.16 Å². The van der Waals surface area contributed by atoms with E-state index >= 15 is 0 Å². The quantitative estimate of drug-likeness (QED) is 0.312. The molecule has 0 aromatic heterocycles. The molecule has 0 saturated carbocycles. The molecule has 0 spiro atoms. The van der Waals surface area contributed by atoms with E-state index in [4.69, 9.17) is 5.11 Å². The number of rotatable bonds is 12. The summed E-state index contributed by atoms with van der Waals surface area (Å²) in [5.74, 6) is 0. The Morgan fingerprint density at radius 2 is 1.35 bits per heavy atom. The van der Waals surface area contributed by atoms with E-state index in [1.807, 2.05) is 0 Å². The number of hydrogen-bond acceptors (Lipinski definition) is 3. The van der Waals surface area contributed by atoms with E-state index in [-0.39, 0.29) is 0 Å². The van der Waals surface area contributed by atoms with Crippen molar-refractivity contribution in [3.63, 3.8) is 0 Å². The molecular weight excluding hydrogens is 220 g/mol. The summed E-state index contributed by atoms with van der Waals surface area (Å²) in [5.41, 5.74) is 0. The first-order valence-corrected chi connectivity index (χ1v) is 6.79. The van der Waals surface area contributed by atoms with Crippen LogP contribution in [0.3, 0.4) is 0 Å². The van der Waals surface area contributed by atoms with Crippen LogP contribution in [0.15, 0.2) is 0 Å². The Morgan fingerprint density at radius 3 is 1.82 bits per heavy atom. The maximum Gasteiger partial charge on any atom is 0.537 e. The summed E-state index contributed by atoms with van der Waals surface area (Å²) in [5, 5.41) is 8.13. The molecule has 0 radical (unpaired) electrons. The molecule has 0 unspecified atom stereocenters. The van der Waals surface area contributed by atoms with Gasteiger partial charge in [-0.2, -0.15) is 4.89 Å². The summed E-state index contributed by atoms with van der Waals surface area (Å²) in [6.07, 6.45) is 11.1. The van der Waals surface area contributed by atoms with Gasteiger partial charge < -0.3 is 5.11 Å². The lowest BCUT2D eigenvalue weighted by molar-refractivity contribution is -0.251. The van der Waals surface area contributed by atoms with E-state index in [0.29, 0.717) is 6.61 Å². The Hall–Kier alpha value is -0.770. The third-order valence-corrected chi connectivity index (χ3v) is 2.71. The van der Waals surface area contributed by atoms with Gasteiger partial charge in [0.05, 0.1) is 6.61 Å². The average Bonchev–Trinajstić information content (AvgIpc) is 2.30. The van der Waals surface area contributed by atoms with Gasteiger partial charge in [0.2, 0.25) is 0 Å². The molecule has 0 bridgehead atoms. The fourth-order valence-electron chi connectivity index (χ4n) is 1.74. The molecular formula is C13H26O4. The third kappa shape index (κ3) is 15.2. The molecule has 0 fully saturated rings. The zero-order chi connectivity index (χ0) is 12.8. The van der Waals surface area contributed by atoms with Crippen LogP contribution in [0.25, 0.3) is 0 Å². The second-order valence-electron chi connectivity index (χ2n) is 4.35. The highest BCUT2D eigenvalue weighted by Gasteiger charge is 1.97. The van der Waals surface area contributed by atoms with E-state index in [0.717, 1.165) is 12.8 Å². The van der Waals surface area contributed by atoms with Crippen LogP contribution in [0.5, 0.6) is 0 Å². The highest BCUT2D eigenvalue weighted by Crippen LogP contribution is 2.10. The Morgan fingerprint density at radius 1 is 0.882 bits per heavy atom. The summed E-state index contributed by atoms with van der Waals surface area (Å²) in [6, 6.07) is 0. The van der Waals surface area contributed by atoms with Crippen LogP contribution in [-0.4, -0.2) is 17.9 Å². The van der Waals surface area contributed by atoms with E-state index in [9.17, 15) is 4.79 Å². The van der Waals surface area contributed by atoms with Crippen LogP contribution in [0.2, 0.25) is 0 Å². The molecule has 0 amide bonds. The van der Waals surface area contributed by atoms with Crippen molar-refractivity contribution in [3.05, 3.63) is 0 Å². The van der Waals surface area contributed by atoms with E-state index < -0.39 is 6.16 Å². The first-order valence-electron chi connectivity index (χ1n) is 6.79. The summed E-state index contributed by atoms with van der Waals surface area (Å²) in [7, 11) is 0. The zero-order valence-electron chi connectivity index (χ0n) is 11.0. The van der Waals surface area contributed by atoms with Crippen LogP contribution in [0, 0.1) is 0 Å². The van der Waals surface area contributed by atoms with E-state index in [1.165, 1.54) is 51.4 Å². The SMILES string of the molecule is CCCCCCCCCCCCOOC(=O)O. The van der Waals surface area contributed by atoms with Crippen molar-refractivity contribution in [1.82, 2.24) is 0 Å². The van der Waals surface area contributed by atoms with E-state index in [1.54, 1.807) is 0 Å². The lowest BCUT2D eigenvalue weighted by Gasteiger charge is -2.02. The van der Waals surface area contributed by atoms with Crippen molar-refractivity contribution in [2.75, 3.05) is 6.61 Å². The Labute approximate surface area is 104 Å². The van der Waals surface area contributed by atoms with Crippen LogP contribution in [-0.2, 0) is 9.78 Å². The molecule has 0 atom stereocenters. The standard InChI is InChI=1S/C13H26O4/c1-2-3-4-5-6-7-8-9-10-11-12-16-17-13(14)15/h2-12H2,1H3,(H,14,15). The van der Waals surface area contributed by atoms with Crippen molar-refractivity contribution < 1.29 is 19.7 Å². The lowest BCUT2D eigenvalue weighted by Crippen LogP contribution is -2.02. The molecule has 0 rings (SSSR count). The highest BCUT2D eigenvalue weighted by molar-refractivity contribution is 5.55. The second-order valence-corrected chi connectivity index (χ2v) is 4.35. The molecule has 17 heavy (non-hydrogen) atoms. The van der Waals surface area contributed by atoms with Gasteiger partial charge in [-0.15, -0.1) is 0 Å². The normalized spacial score (nSPS) is 10.4. The van der Waals surface area contributed by atoms with Gasteiger partial charge in [0.1, 0.15) is 0 Å². The molecule has 0 saturated heterocycles. The first kappa shape index (κ1) is 16.2. The third-order valence-electron chi connectivity index (χ3n) is 2.71. The molecule has 0 heterocycles. The number of hydrogen-bond donors (Lipinski definition) is 1. The highest BCUT2D eigenvalue weighted by atomic mass is 17.2. The van der Waals surface area contributed by atoms with Gasteiger partial charge in [-0.25, -0.2) is 4.79 Å². The minimum atomic E-state index is -1.38. The molecule has 0 aliphatic carbocycles. The predicted molar refractivity (Wildman–Crippen MR) is 66.9 cm³/mol. The monoisotopic (exact) mass is 246 g/mol. The van der Waals surface area contributed by atoms with Crippen molar-refractivity contribution in [3.8, 4) is 0 Å². The van der Waals surface area contributed by atoms with Gasteiger partial charge in [-0.05, 0) is 6.42 Å². The predicted octanol–water partition coefficient (Wildman–Crippen LogP) is 4.53. The lowest BCUT2D eigenvalue weighted by atomic mass is 10.1. The zero-order valence-corrected chi connectivity index (χ0v) is 11.0. The van der Waals surface area contributed by atoms with Gasteiger partial charge in [-0.3, -0.25) is 4.89 Å². The topological polar surface area (TPSA) is 55.8 Å². The molecule has 0 aliphatic rings. The minimum absolute atomic E-state index is 0.364. The smallest absolute Gasteiger partial charge is 0.448 e.